The maximum Gasteiger partial charge on any atom is 0.174 e. The van der Waals surface area contributed by atoms with Crippen LogP contribution in [0.2, 0.25) is 0 Å². The van der Waals surface area contributed by atoms with Gasteiger partial charge in [-0.15, -0.1) is 0 Å². The van der Waals surface area contributed by atoms with Gasteiger partial charge in [-0.25, -0.2) is 8.78 Å². The highest BCUT2D eigenvalue weighted by molar-refractivity contribution is 7.80. The van der Waals surface area contributed by atoms with Gasteiger partial charge < -0.3 is 10.2 Å². The van der Waals surface area contributed by atoms with E-state index in [0.717, 1.165) is 11.6 Å². The second-order valence-corrected chi connectivity index (χ2v) is 6.63. The summed E-state index contributed by atoms with van der Waals surface area (Å²) < 4.78 is 27.0. The van der Waals surface area contributed by atoms with Crippen molar-refractivity contribution in [3.8, 4) is 0 Å². The van der Waals surface area contributed by atoms with Crippen LogP contribution in [0, 0.1) is 17.6 Å². The van der Waals surface area contributed by atoms with Crippen molar-refractivity contribution < 1.29 is 8.78 Å². The fraction of sp³-hybridized carbons (Fsp3) is 0.316. The molecule has 1 N–H and O–H groups in total. The predicted molar refractivity (Wildman–Crippen MR) is 96.7 cm³/mol. The van der Waals surface area contributed by atoms with Gasteiger partial charge in [0.05, 0.1) is 5.69 Å². The lowest BCUT2D eigenvalue weighted by molar-refractivity contribution is 0.298. The van der Waals surface area contributed by atoms with Gasteiger partial charge in [0.15, 0.2) is 5.11 Å². The van der Waals surface area contributed by atoms with Crippen molar-refractivity contribution in [1.29, 1.82) is 0 Å². The van der Waals surface area contributed by atoms with Gasteiger partial charge in [0, 0.05) is 18.7 Å². The fourth-order valence-corrected chi connectivity index (χ4v) is 3.13. The van der Waals surface area contributed by atoms with Crippen LogP contribution in [0.3, 0.4) is 0 Å². The number of nitrogens with zero attached hydrogens (tertiary/aromatic N) is 1. The molecule has 1 fully saturated rings. The molecule has 0 heterocycles. The highest BCUT2D eigenvalue weighted by Crippen LogP contribution is 2.36. The average molecular weight is 346 g/mol. The van der Waals surface area contributed by atoms with Crippen LogP contribution in [0.25, 0.3) is 0 Å². The first kappa shape index (κ1) is 16.8. The lowest BCUT2D eigenvalue weighted by Gasteiger charge is -2.32. The fourth-order valence-electron chi connectivity index (χ4n) is 2.79. The monoisotopic (exact) mass is 346 g/mol. The number of halogens is 2. The standard InChI is InChI=1S/C19H20F2N2S/c1-13(15-7-8-15)23(12-14-5-3-2-4-6-14)19(24)22-18-10-9-16(20)11-17(18)21/h2-6,9-11,13,15H,7-8,12H2,1H3,(H,22,24). The Morgan fingerprint density at radius 3 is 2.54 bits per heavy atom. The van der Waals surface area contributed by atoms with E-state index in [0.29, 0.717) is 17.6 Å². The molecule has 0 aliphatic heterocycles. The van der Waals surface area contributed by atoms with Gasteiger partial charge >= 0.3 is 0 Å². The molecule has 0 amide bonds. The average Bonchev–Trinajstić information content (AvgIpc) is 3.40. The molecule has 3 rings (SSSR count). The summed E-state index contributed by atoms with van der Waals surface area (Å²) in [5.74, 6) is -0.626. The second-order valence-electron chi connectivity index (χ2n) is 6.25. The zero-order valence-corrected chi connectivity index (χ0v) is 14.3. The summed E-state index contributed by atoms with van der Waals surface area (Å²) in [6.45, 7) is 2.81. The van der Waals surface area contributed by atoms with Gasteiger partial charge in [0.1, 0.15) is 11.6 Å². The molecule has 2 nitrogen and oxygen atoms in total. The van der Waals surface area contributed by atoms with Crippen molar-refractivity contribution in [3.63, 3.8) is 0 Å². The minimum Gasteiger partial charge on any atom is -0.342 e. The van der Waals surface area contributed by atoms with Crippen LogP contribution in [0.15, 0.2) is 48.5 Å². The number of hydrogen-bond donors (Lipinski definition) is 1. The largest absolute Gasteiger partial charge is 0.342 e. The molecule has 0 bridgehead atoms. The number of nitrogens with one attached hydrogen (secondary N) is 1. The summed E-state index contributed by atoms with van der Waals surface area (Å²) in [6.07, 6.45) is 2.39. The lowest BCUT2D eigenvalue weighted by Crippen LogP contribution is -2.42. The Hall–Kier alpha value is -2.01. The zero-order chi connectivity index (χ0) is 17.1. The van der Waals surface area contributed by atoms with E-state index in [4.69, 9.17) is 12.2 Å². The van der Waals surface area contributed by atoms with Crippen LogP contribution in [-0.2, 0) is 6.54 Å². The number of rotatable bonds is 5. The van der Waals surface area contributed by atoms with Crippen LogP contribution in [0.1, 0.15) is 25.3 Å². The molecule has 5 heteroatoms. The van der Waals surface area contributed by atoms with E-state index in [1.807, 2.05) is 30.3 Å². The van der Waals surface area contributed by atoms with Crippen molar-refractivity contribution in [2.24, 2.45) is 5.92 Å². The van der Waals surface area contributed by atoms with Gasteiger partial charge in [-0.1, -0.05) is 30.3 Å². The molecule has 1 saturated carbocycles. The molecule has 1 aliphatic rings. The van der Waals surface area contributed by atoms with E-state index in [1.165, 1.54) is 25.0 Å². The van der Waals surface area contributed by atoms with Gasteiger partial charge in [0.2, 0.25) is 0 Å². The van der Waals surface area contributed by atoms with Crippen LogP contribution >= 0.6 is 12.2 Å². The third-order valence-electron chi connectivity index (χ3n) is 4.43. The van der Waals surface area contributed by atoms with Crippen molar-refractivity contribution in [2.45, 2.75) is 32.4 Å². The number of benzene rings is 2. The molecule has 0 saturated heterocycles. The molecular formula is C19H20F2N2S. The molecule has 1 unspecified atom stereocenters. The topological polar surface area (TPSA) is 15.3 Å². The van der Waals surface area contributed by atoms with Gasteiger partial charge in [-0.2, -0.15) is 0 Å². The van der Waals surface area contributed by atoms with Crippen LogP contribution in [0.5, 0.6) is 0 Å². The summed E-state index contributed by atoms with van der Waals surface area (Å²) in [5.41, 5.74) is 1.34. The maximum atomic E-state index is 13.9. The molecule has 24 heavy (non-hydrogen) atoms. The van der Waals surface area contributed by atoms with Crippen LogP contribution in [0.4, 0.5) is 14.5 Å². The Bertz CT molecular complexity index is 717. The highest BCUT2D eigenvalue weighted by atomic mass is 32.1. The van der Waals surface area contributed by atoms with E-state index in [9.17, 15) is 8.78 Å². The summed E-state index contributed by atoms with van der Waals surface area (Å²) >= 11 is 5.53. The molecule has 126 valence electrons. The third kappa shape index (κ3) is 4.09. The smallest absolute Gasteiger partial charge is 0.174 e. The van der Waals surface area contributed by atoms with Crippen LogP contribution in [-0.4, -0.2) is 16.1 Å². The van der Waals surface area contributed by atoms with Crippen molar-refractivity contribution in [1.82, 2.24) is 4.90 Å². The summed E-state index contributed by atoms with van der Waals surface area (Å²) in [7, 11) is 0. The van der Waals surface area contributed by atoms with Crippen molar-refractivity contribution >= 4 is 23.0 Å². The molecule has 0 spiro atoms. The summed E-state index contributed by atoms with van der Waals surface area (Å²) in [5, 5.41) is 3.40. The quantitative estimate of drug-likeness (QED) is 0.770. The van der Waals surface area contributed by atoms with Gasteiger partial charge in [0.25, 0.3) is 0 Å². The summed E-state index contributed by atoms with van der Waals surface area (Å²) in [6, 6.07) is 13.8. The predicted octanol–water partition coefficient (Wildman–Crippen LogP) is 4.96. The number of hydrogen-bond acceptors (Lipinski definition) is 1. The first-order valence-corrected chi connectivity index (χ1v) is 8.52. The molecule has 0 aromatic heterocycles. The van der Waals surface area contributed by atoms with E-state index in [-0.39, 0.29) is 11.7 Å². The molecule has 0 radical (unpaired) electrons. The first-order valence-electron chi connectivity index (χ1n) is 8.11. The van der Waals surface area contributed by atoms with E-state index in [1.54, 1.807) is 0 Å². The van der Waals surface area contributed by atoms with E-state index < -0.39 is 11.6 Å². The molecule has 2 aromatic rings. The van der Waals surface area contributed by atoms with Crippen molar-refractivity contribution in [2.75, 3.05) is 5.32 Å². The first-order chi connectivity index (χ1) is 11.5. The van der Waals surface area contributed by atoms with E-state index in [2.05, 4.69) is 17.1 Å². The van der Waals surface area contributed by atoms with Crippen molar-refractivity contribution in [3.05, 3.63) is 65.7 Å². The molecule has 2 aromatic carbocycles. The van der Waals surface area contributed by atoms with Gasteiger partial charge in [-0.05, 0) is 55.6 Å². The lowest BCUT2D eigenvalue weighted by atomic mass is 10.1. The Kier molecular flexibility index (Phi) is 5.09. The second kappa shape index (κ2) is 7.26. The SMILES string of the molecule is CC(C1CC1)N(Cc1ccccc1)C(=S)Nc1ccc(F)cc1F. The molecular weight excluding hydrogens is 326 g/mol. The maximum absolute atomic E-state index is 13.9. The van der Waals surface area contributed by atoms with Crippen LogP contribution < -0.4 is 5.32 Å². The minimum atomic E-state index is -0.643. The normalized spacial score (nSPS) is 15.0. The Morgan fingerprint density at radius 1 is 1.21 bits per heavy atom. The zero-order valence-electron chi connectivity index (χ0n) is 13.5. The molecule has 1 aliphatic carbocycles. The van der Waals surface area contributed by atoms with Gasteiger partial charge in [-0.3, -0.25) is 0 Å². The number of anilines is 1. The summed E-state index contributed by atoms with van der Waals surface area (Å²) in [4.78, 5) is 2.09. The number of thiocarbonyl (C=S) groups is 1. The Labute approximate surface area is 146 Å². The highest BCUT2D eigenvalue weighted by Gasteiger charge is 2.33. The van der Waals surface area contributed by atoms with E-state index >= 15 is 0 Å². The molecule has 1 atom stereocenters. The Balaban J connectivity index is 1.77. The Morgan fingerprint density at radius 2 is 1.92 bits per heavy atom. The third-order valence-corrected chi connectivity index (χ3v) is 4.76. The minimum absolute atomic E-state index is 0.197.